The topological polar surface area (TPSA) is 105 Å². The molecule has 1 saturated heterocycles. The molecule has 176 valence electrons. The van der Waals surface area contributed by atoms with Crippen molar-refractivity contribution in [3.63, 3.8) is 0 Å². The van der Waals surface area contributed by atoms with Crippen molar-refractivity contribution in [2.75, 3.05) is 19.8 Å². The number of allylic oxidation sites excluding steroid dienone is 2. The zero-order valence-corrected chi connectivity index (χ0v) is 18.7. The van der Waals surface area contributed by atoms with Gasteiger partial charge in [-0.25, -0.2) is 0 Å². The van der Waals surface area contributed by atoms with Gasteiger partial charge >= 0.3 is 5.97 Å². The summed E-state index contributed by atoms with van der Waals surface area (Å²) in [5.74, 6) is -1.61. The molecule has 0 aromatic heterocycles. The van der Waals surface area contributed by atoms with Gasteiger partial charge in [0.05, 0.1) is 25.4 Å². The van der Waals surface area contributed by atoms with Gasteiger partial charge in [0.2, 0.25) is 5.79 Å². The molecule has 0 spiro atoms. The van der Waals surface area contributed by atoms with Crippen molar-refractivity contribution in [2.24, 2.45) is 11.8 Å². The van der Waals surface area contributed by atoms with E-state index in [0.717, 1.165) is 0 Å². The first-order valence-electron chi connectivity index (χ1n) is 11.0. The first-order chi connectivity index (χ1) is 15.4. The summed E-state index contributed by atoms with van der Waals surface area (Å²) in [6.07, 6.45) is 8.55. The van der Waals surface area contributed by atoms with E-state index in [1.807, 2.05) is 18.2 Å². The van der Waals surface area contributed by atoms with Crippen LogP contribution in [-0.4, -0.2) is 59.1 Å². The Morgan fingerprint density at radius 1 is 1.16 bits per heavy atom. The standard InChI is InChI=1S/C24H31ClO7/c25-17-7-9-18(10-8-17)30-16-24(31-13-14-32-24)12-11-20-19(21(26)15-22(20)27)5-3-1-2-4-6-23(28)29/h1,3,7-12,19-22,26-27H,2,4-6,13-16H2,(H,28,29)/b3-1-,12-11+/t19-,20-,21-,22-/m1/s1. The van der Waals surface area contributed by atoms with Gasteiger partial charge in [0.1, 0.15) is 12.4 Å². The second kappa shape index (κ2) is 11.8. The number of carboxylic acid groups (broad SMARTS) is 1. The molecule has 4 atom stereocenters. The second-order valence-electron chi connectivity index (χ2n) is 8.22. The minimum Gasteiger partial charge on any atom is -0.488 e. The molecule has 0 radical (unpaired) electrons. The quantitative estimate of drug-likeness (QED) is 0.338. The van der Waals surface area contributed by atoms with Crippen LogP contribution in [0.3, 0.4) is 0 Å². The molecule has 1 aromatic rings. The molecule has 1 aliphatic heterocycles. The second-order valence-corrected chi connectivity index (χ2v) is 8.65. The summed E-state index contributed by atoms with van der Waals surface area (Å²) in [5.41, 5.74) is 0. The van der Waals surface area contributed by atoms with E-state index in [4.69, 9.17) is 30.9 Å². The van der Waals surface area contributed by atoms with Crippen molar-refractivity contribution < 1.29 is 34.3 Å². The van der Waals surface area contributed by atoms with Gasteiger partial charge in [-0.3, -0.25) is 4.79 Å². The van der Waals surface area contributed by atoms with Gasteiger partial charge in [0, 0.05) is 23.8 Å². The van der Waals surface area contributed by atoms with Crippen molar-refractivity contribution in [1.82, 2.24) is 0 Å². The SMILES string of the molecule is O=C(O)CCC/C=C\C[C@@H]1[C@@H](/C=C/C2(COc3ccc(Cl)cc3)OCCO2)[C@H](O)C[C@H]1O. The van der Waals surface area contributed by atoms with Gasteiger partial charge in [0.25, 0.3) is 0 Å². The van der Waals surface area contributed by atoms with E-state index in [9.17, 15) is 15.0 Å². The summed E-state index contributed by atoms with van der Waals surface area (Å²) in [4.78, 5) is 10.6. The number of halogens is 1. The van der Waals surface area contributed by atoms with Crippen LogP contribution in [-0.2, 0) is 14.3 Å². The molecule has 1 saturated carbocycles. The molecular formula is C24H31ClO7. The zero-order chi connectivity index (χ0) is 23.0. The number of carbonyl (C=O) groups is 1. The smallest absolute Gasteiger partial charge is 0.303 e. The molecule has 32 heavy (non-hydrogen) atoms. The Balaban J connectivity index is 1.60. The highest BCUT2D eigenvalue weighted by atomic mass is 35.5. The van der Waals surface area contributed by atoms with Crippen molar-refractivity contribution in [3.8, 4) is 5.75 Å². The van der Waals surface area contributed by atoms with Crippen LogP contribution in [0.2, 0.25) is 5.02 Å². The Kier molecular flexibility index (Phi) is 9.13. The maximum atomic E-state index is 10.6. The van der Waals surface area contributed by atoms with Crippen LogP contribution < -0.4 is 4.74 Å². The summed E-state index contributed by atoms with van der Waals surface area (Å²) in [6.45, 7) is 1.02. The highest BCUT2D eigenvalue weighted by Gasteiger charge is 2.41. The van der Waals surface area contributed by atoms with E-state index in [-0.39, 0.29) is 24.9 Å². The number of aliphatic carboxylic acids is 1. The van der Waals surface area contributed by atoms with Crippen LogP contribution in [0.15, 0.2) is 48.6 Å². The fourth-order valence-corrected chi connectivity index (χ4v) is 4.25. The summed E-state index contributed by atoms with van der Waals surface area (Å²) >= 11 is 5.91. The molecule has 1 heterocycles. The number of aliphatic hydroxyl groups excluding tert-OH is 2. The van der Waals surface area contributed by atoms with Crippen LogP contribution in [0.4, 0.5) is 0 Å². The van der Waals surface area contributed by atoms with E-state index >= 15 is 0 Å². The summed E-state index contributed by atoms with van der Waals surface area (Å²) in [7, 11) is 0. The molecule has 0 amide bonds. The molecule has 0 unspecified atom stereocenters. The zero-order valence-electron chi connectivity index (χ0n) is 17.9. The molecule has 1 aromatic carbocycles. The summed E-state index contributed by atoms with van der Waals surface area (Å²) in [5, 5.41) is 30.2. The van der Waals surface area contributed by atoms with Gasteiger partial charge in [0.15, 0.2) is 0 Å². The average molecular weight is 467 g/mol. The van der Waals surface area contributed by atoms with Crippen LogP contribution >= 0.6 is 11.6 Å². The van der Waals surface area contributed by atoms with Crippen molar-refractivity contribution >= 4 is 17.6 Å². The minimum atomic E-state index is -1.05. The average Bonchev–Trinajstić information content (AvgIpc) is 3.33. The molecule has 3 N–H and O–H groups in total. The molecule has 8 heteroatoms. The predicted molar refractivity (Wildman–Crippen MR) is 120 cm³/mol. The number of hydrogen-bond acceptors (Lipinski definition) is 6. The molecular weight excluding hydrogens is 436 g/mol. The largest absolute Gasteiger partial charge is 0.488 e. The number of hydrogen-bond donors (Lipinski definition) is 3. The van der Waals surface area contributed by atoms with Crippen molar-refractivity contribution in [1.29, 1.82) is 0 Å². The van der Waals surface area contributed by atoms with E-state index < -0.39 is 24.0 Å². The van der Waals surface area contributed by atoms with Crippen LogP contribution in [0.25, 0.3) is 0 Å². The Morgan fingerprint density at radius 3 is 2.56 bits per heavy atom. The number of aliphatic hydroxyl groups is 2. The number of ether oxygens (including phenoxy) is 3. The molecule has 1 aliphatic carbocycles. The van der Waals surface area contributed by atoms with E-state index in [1.165, 1.54) is 0 Å². The molecule has 2 fully saturated rings. The van der Waals surface area contributed by atoms with Crippen LogP contribution in [0, 0.1) is 11.8 Å². The van der Waals surface area contributed by atoms with Crippen molar-refractivity contribution in [3.05, 3.63) is 53.6 Å². The number of benzene rings is 1. The maximum Gasteiger partial charge on any atom is 0.303 e. The number of unbranched alkanes of at least 4 members (excludes halogenated alkanes) is 1. The van der Waals surface area contributed by atoms with Gasteiger partial charge in [-0.1, -0.05) is 29.8 Å². The van der Waals surface area contributed by atoms with Gasteiger partial charge in [-0.2, -0.15) is 0 Å². The van der Waals surface area contributed by atoms with E-state index in [0.29, 0.717) is 49.7 Å². The minimum absolute atomic E-state index is 0.140. The Bertz CT molecular complexity index is 786. The molecule has 2 aliphatic rings. The molecule has 3 rings (SSSR count). The van der Waals surface area contributed by atoms with Gasteiger partial charge < -0.3 is 29.5 Å². The lowest BCUT2D eigenvalue weighted by molar-refractivity contribution is -0.139. The third-order valence-electron chi connectivity index (χ3n) is 5.85. The summed E-state index contributed by atoms with van der Waals surface area (Å²) in [6, 6.07) is 7.02. The normalized spacial score (nSPS) is 27.5. The monoisotopic (exact) mass is 466 g/mol. The van der Waals surface area contributed by atoms with Gasteiger partial charge in [-0.15, -0.1) is 0 Å². The van der Waals surface area contributed by atoms with E-state index in [1.54, 1.807) is 30.3 Å². The molecule has 0 bridgehead atoms. The van der Waals surface area contributed by atoms with E-state index in [2.05, 4.69) is 0 Å². The maximum absolute atomic E-state index is 10.6. The number of rotatable bonds is 11. The Hall–Kier alpha value is -1.90. The highest BCUT2D eigenvalue weighted by molar-refractivity contribution is 6.30. The van der Waals surface area contributed by atoms with Crippen molar-refractivity contribution in [2.45, 2.75) is 50.1 Å². The van der Waals surface area contributed by atoms with Crippen LogP contribution in [0.1, 0.15) is 32.1 Å². The highest BCUT2D eigenvalue weighted by Crippen LogP contribution is 2.37. The first kappa shape index (κ1) is 24.7. The van der Waals surface area contributed by atoms with Gasteiger partial charge in [-0.05, 0) is 55.5 Å². The Morgan fingerprint density at radius 2 is 1.88 bits per heavy atom. The third-order valence-corrected chi connectivity index (χ3v) is 6.11. The number of carboxylic acids is 1. The van der Waals surface area contributed by atoms with Crippen LogP contribution in [0.5, 0.6) is 5.75 Å². The Labute approximate surface area is 193 Å². The lowest BCUT2D eigenvalue weighted by atomic mass is 9.89. The first-order valence-corrected chi connectivity index (χ1v) is 11.3. The summed E-state index contributed by atoms with van der Waals surface area (Å²) < 4.78 is 17.5. The third kappa shape index (κ3) is 7.05. The fourth-order valence-electron chi connectivity index (χ4n) is 4.12. The lowest BCUT2D eigenvalue weighted by Crippen LogP contribution is -2.35. The fraction of sp³-hybridized carbons (Fsp3) is 0.542. The predicted octanol–water partition coefficient (Wildman–Crippen LogP) is 3.58. The lowest BCUT2D eigenvalue weighted by Gasteiger charge is -2.26. The molecule has 7 nitrogen and oxygen atoms in total.